The second-order valence-electron chi connectivity index (χ2n) is 4.86. The Morgan fingerprint density at radius 3 is 2.45 bits per heavy atom. The second kappa shape index (κ2) is 6.71. The monoisotopic (exact) mass is 300 g/mol. The van der Waals surface area contributed by atoms with Gasteiger partial charge in [0, 0.05) is 11.9 Å². The van der Waals surface area contributed by atoms with Crippen LogP contribution in [-0.4, -0.2) is 28.1 Å². The Hall–Kier alpha value is -2.89. The number of hydrogen-bond donors (Lipinski definition) is 2. The molecule has 0 radical (unpaired) electrons. The van der Waals surface area contributed by atoms with Gasteiger partial charge in [0.15, 0.2) is 0 Å². The number of esters is 1. The number of nitrogens with one attached hydrogen (secondary N) is 1. The number of carbonyl (C=O) groups is 2. The molecule has 0 atom stereocenters. The van der Waals surface area contributed by atoms with Gasteiger partial charge >= 0.3 is 11.9 Å². The summed E-state index contributed by atoms with van der Waals surface area (Å²) in [5, 5.41) is 12.0. The van der Waals surface area contributed by atoms with E-state index >= 15 is 0 Å². The van der Waals surface area contributed by atoms with Crippen molar-refractivity contribution in [1.82, 2.24) is 4.98 Å². The van der Waals surface area contributed by atoms with Gasteiger partial charge in [-0.25, -0.2) is 14.6 Å². The van der Waals surface area contributed by atoms with Crippen molar-refractivity contribution in [3.8, 4) is 0 Å². The van der Waals surface area contributed by atoms with Crippen LogP contribution in [0, 0.1) is 0 Å². The van der Waals surface area contributed by atoms with Crippen molar-refractivity contribution in [3.63, 3.8) is 0 Å². The summed E-state index contributed by atoms with van der Waals surface area (Å²) in [5.74, 6) is -1.22. The Kier molecular flexibility index (Phi) is 4.73. The highest BCUT2D eigenvalue weighted by Gasteiger charge is 2.12. The molecule has 0 fully saturated rings. The molecule has 6 heteroatoms. The van der Waals surface area contributed by atoms with Gasteiger partial charge in [-0.1, -0.05) is 0 Å². The molecule has 2 aromatic rings. The highest BCUT2D eigenvalue weighted by molar-refractivity contribution is 5.94. The summed E-state index contributed by atoms with van der Waals surface area (Å²) in [6, 6.07) is 9.56. The van der Waals surface area contributed by atoms with Gasteiger partial charge in [-0.15, -0.1) is 0 Å². The second-order valence-corrected chi connectivity index (χ2v) is 4.86. The molecule has 0 aliphatic rings. The van der Waals surface area contributed by atoms with E-state index in [1.165, 1.54) is 12.3 Å². The number of carbonyl (C=O) groups excluding carboxylic acids is 1. The molecule has 0 aliphatic carbocycles. The van der Waals surface area contributed by atoms with Gasteiger partial charge in [-0.2, -0.15) is 0 Å². The zero-order chi connectivity index (χ0) is 16.1. The minimum atomic E-state index is -1.06. The molecule has 0 saturated carbocycles. The van der Waals surface area contributed by atoms with Crippen molar-refractivity contribution < 1.29 is 19.4 Å². The first kappa shape index (κ1) is 15.5. The summed E-state index contributed by atoms with van der Waals surface area (Å²) in [7, 11) is 0. The first-order valence-electron chi connectivity index (χ1n) is 6.73. The van der Waals surface area contributed by atoms with Gasteiger partial charge < -0.3 is 15.2 Å². The molecule has 2 rings (SSSR count). The molecule has 0 unspecified atom stereocenters. The predicted octanol–water partition coefficient (Wildman–Crippen LogP) is 3.09. The number of rotatable bonds is 5. The van der Waals surface area contributed by atoms with Crippen LogP contribution < -0.4 is 5.32 Å². The van der Waals surface area contributed by atoms with Crippen LogP contribution in [0.1, 0.15) is 34.6 Å². The molecule has 1 aromatic heterocycles. The largest absolute Gasteiger partial charge is 0.478 e. The summed E-state index contributed by atoms with van der Waals surface area (Å²) >= 11 is 0. The maximum Gasteiger partial charge on any atom is 0.339 e. The number of ether oxygens (including phenoxy) is 1. The Labute approximate surface area is 127 Å². The van der Waals surface area contributed by atoms with E-state index in [9.17, 15) is 9.59 Å². The van der Waals surface area contributed by atoms with E-state index < -0.39 is 11.9 Å². The lowest BCUT2D eigenvalue weighted by Crippen LogP contribution is -2.11. The summed E-state index contributed by atoms with van der Waals surface area (Å²) < 4.78 is 5.10. The zero-order valence-electron chi connectivity index (χ0n) is 12.2. The van der Waals surface area contributed by atoms with Crippen LogP contribution in [0.25, 0.3) is 0 Å². The minimum Gasteiger partial charge on any atom is -0.478 e. The Morgan fingerprint density at radius 2 is 1.86 bits per heavy atom. The number of carboxylic acid groups (broad SMARTS) is 1. The lowest BCUT2D eigenvalue weighted by molar-refractivity contribution is 0.0377. The van der Waals surface area contributed by atoms with Crippen LogP contribution in [-0.2, 0) is 4.74 Å². The Balaban J connectivity index is 2.15. The molecule has 0 amide bonds. The van der Waals surface area contributed by atoms with E-state index in [-0.39, 0.29) is 17.5 Å². The molecule has 22 heavy (non-hydrogen) atoms. The van der Waals surface area contributed by atoms with Gasteiger partial charge in [-0.05, 0) is 50.2 Å². The average molecular weight is 300 g/mol. The summed E-state index contributed by atoms with van der Waals surface area (Å²) in [5.41, 5.74) is 1.13. The Bertz CT molecular complexity index is 681. The maximum absolute atomic E-state index is 11.7. The number of aromatic nitrogens is 1. The molecule has 2 N–H and O–H groups in total. The lowest BCUT2D eigenvalue weighted by atomic mass is 10.2. The highest BCUT2D eigenvalue weighted by atomic mass is 16.5. The topological polar surface area (TPSA) is 88.5 Å². The fraction of sp³-hybridized carbons (Fsp3) is 0.188. The number of nitrogens with zero attached hydrogens (tertiary/aromatic N) is 1. The van der Waals surface area contributed by atoms with Crippen LogP contribution in [0.2, 0.25) is 0 Å². The molecule has 0 bridgehead atoms. The summed E-state index contributed by atoms with van der Waals surface area (Å²) in [4.78, 5) is 26.9. The molecule has 0 saturated heterocycles. The van der Waals surface area contributed by atoms with Crippen LogP contribution in [0.15, 0.2) is 42.6 Å². The van der Waals surface area contributed by atoms with Crippen molar-refractivity contribution in [2.24, 2.45) is 0 Å². The van der Waals surface area contributed by atoms with Crippen molar-refractivity contribution >= 4 is 23.4 Å². The predicted molar refractivity (Wildman–Crippen MR) is 81.5 cm³/mol. The normalized spacial score (nSPS) is 10.3. The average Bonchev–Trinajstić information content (AvgIpc) is 2.47. The van der Waals surface area contributed by atoms with Crippen molar-refractivity contribution in [3.05, 3.63) is 53.7 Å². The number of hydrogen-bond acceptors (Lipinski definition) is 5. The summed E-state index contributed by atoms with van der Waals surface area (Å²) in [6.07, 6.45) is 1.32. The lowest BCUT2D eigenvalue weighted by Gasteiger charge is -2.10. The van der Waals surface area contributed by atoms with Crippen LogP contribution >= 0.6 is 0 Å². The minimum absolute atomic E-state index is 0.0748. The third-order valence-electron chi connectivity index (χ3n) is 2.76. The molecule has 1 heterocycles. The number of aromatic carboxylic acids is 1. The summed E-state index contributed by atoms with van der Waals surface area (Å²) in [6.45, 7) is 3.56. The first-order chi connectivity index (χ1) is 10.5. The van der Waals surface area contributed by atoms with Crippen LogP contribution in [0.5, 0.6) is 0 Å². The fourth-order valence-corrected chi connectivity index (χ4v) is 1.79. The number of carboxylic acids is 1. The van der Waals surface area contributed by atoms with Gasteiger partial charge in [0.25, 0.3) is 0 Å². The van der Waals surface area contributed by atoms with E-state index in [0.717, 1.165) is 0 Å². The fourth-order valence-electron chi connectivity index (χ4n) is 1.79. The Morgan fingerprint density at radius 1 is 1.18 bits per heavy atom. The molecule has 1 aromatic carbocycles. The van der Waals surface area contributed by atoms with Crippen LogP contribution in [0.3, 0.4) is 0 Å². The number of benzene rings is 1. The molecular weight excluding hydrogens is 284 g/mol. The number of anilines is 2. The smallest absolute Gasteiger partial charge is 0.339 e. The molecule has 6 nitrogen and oxygen atoms in total. The molecular formula is C16H16N2O4. The van der Waals surface area contributed by atoms with Gasteiger partial charge in [0.05, 0.1) is 11.7 Å². The molecule has 0 aliphatic heterocycles. The quantitative estimate of drug-likeness (QED) is 0.825. The van der Waals surface area contributed by atoms with Gasteiger partial charge in [0.2, 0.25) is 0 Å². The zero-order valence-corrected chi connectivity index (χ0v) is 12.2. The van der Waals surface area contributed by atoms with E-state index in [2.05, 4.69) is 10.3 Å². The number of pyridine rings is 1. The van der Waals surface area contributed by atoms with Crippen molar-refractivity contribution in [2.45, 2.75) is 20.0 Å². The third-order valence-corrected chi connectivity index (χ3v) is 2.76. The van der Waals surface area contributed by atoms with Gasteiger partial charge in [0.1, 0.15) is 11.4 Å². The maximum atomic E-state index is 11.7. The van der Waals surface area contributed by atoms with E-state index in [0.29, 0.717) is 11.3 Å². The van der Waals surface area contributed by atoms with E-state index in [1.807, 2.05) is 0 Å². The van der Waals surface area contributed by atoms with Crippen molar-refractivity contribution in [1.29, 1.82) is 0 Å². The highest BCUT2D eigenvalue weighted by Crippen LogP contribution is 2.19. The van der Waals surface area contributed by atoms with Crippen molar-refractivity contribution in [2.75, 3.05) is 5.32 Å². The standard InChI is InChI=1S/C16H16N2O4/c1-10(2)22-16(21)11-5-7-12(8-6-11)18-14-13(15(19)20)4-3-9-17-14/h3-10H,1-2H3,(H,17,18)(H,19,20). The molecule has 0 spiro atoms. The first-order valence-corrected chi connectivity index (χ1v) is 6.73. The molecule has 114 valence electrons. The van der Waals surface area contributed by atoms with Crippen LogP contribution in [0.4, 0.5) is 11.5 Å². The third kappa shape index (κ3) is 3.82. The van der Waals surface area contributed by atoms with E-state index in [4.69, 9.17) is 9.84 Å². The van der Waals surface area contributed by atoms with Gasteiger partial charge in [-0.3, -0.25) is 0 Å². The van der Waals surface area contributed by atoms with E-state index in [1.54, 1.807) is 44.2 Å². The SMILES string of the molecule is CC(C)OC(=O)c1ccc(Nc2ncccc2C(=O)O)cc1.